The molecule has 1 aliphatic carbocycles. The van der Waals surface area contributed by atoms with Crippen molar-refractivity contribution in [3.8, 4) is 0 Å². The van der Waals surface area contributed by atoms with Gasteiger partial charge in [0.2, 0.25) is 0 Å². The van der Waals surface area contributed by atoms with E-state index in [-0.39, 0.29) is 15.8 Å². The Bertz CT molecular complexity index is 500. The molecule has 1 unspecified atom stereocenters. The standard InChI is InChI=1S/C12H9BrF2O2/c13-6-4-8(11(15)9(14)5-6)12(17)7-2-1-3-10(7)16/h4-5,7H,1-3H2. The molecule has 0 aromatic heterocycles. The molecule has 0 N–H and O–H groups in total. The van der Waals surface area contributed by atoms with Gasteiger partial charge in [0.25, 0.3) is 0 Å². The number of carbonyl (C=O) groups is 2. The van der Waals surface area contributed by atoms with Crippen molar-refractivity contribution in [1.29, 1.82) is 0 Å². The summed E-state index contributed by atoms with van der Waals surface area (Å²) in [5, 5.41) is 0. The molecule has 1 aliphatic rings. The molecule has 1 aromatic carbocycles. The van der Waals surface area contributed by atoms with E-state index in [0.717, 1.165) is 6.07 Å². The van der Waals surface area contributed by atoms with Gasteiger partial charge in [-0.25, -0.2) is 8.78 Å². The van der Waals surface area contributed by atoms with E-state index in [1.165, 1.54) is 6.07 Å². The van der Waals surface area contributed by atoms with Crippen LogP contribution in [0.15, 0.2) is 16.6 Å². The van der Waals surface area contributed by atoms with Gasteiger partial charge in [-0.05, 0) is 25.0 Å². The zero-order valence-electron chi connectivity index (χ0n) is 8.80. The van der Waals surface area contributed by atoms with Crippen LogP contribution in [-0.2, 0) is 4.79 Å². The average molecular weight is 303 g/mol. The molecule has 1 saturated carbocycles. The highest BCUT2D eigenvalue weighted by Gasteiger charge is 2.33. The number of carbonyl (C=O) groups excluding carboxylic acids is 2. The normalized spacial score (nSPS) is 19.7. The second-order valence-electron chi connectivity index (χ2n) is 4.02. The summed E-state index contributed by atoms with van der Waals surface area (Å²) in [5.74, 6) is -3.88. The third-order valence-electron chi connectivity index (χ3n) is 2.88. The van der Waals surface area contributed by atoms with E-state index in [1.807, 2.05) is 0 Å². The number of hydrogen-bond donors (Lipinski definition) is 0. The first-order chi connectivity index (χ1) is 8.00. The molecule has 1 aromatic rings. The largest absolute Gasteiger partial charge is 0.299 e. The maximum absolute atomic E-state index is 13.5. The van der Waals surface area contributed by atoms with E-state index in [4.69, 9.17) is 0 Å². The fraction of sp³-hybridized carbons (Fsp3) is 0.333. The van der Waals surface area contributed by atoms with Crippen molar-refractivity contribution in [2.24, 2.45) is 5.92 Å². The Balaban J connectivity index is 2.40. The second kappa shape index (κ2) is 4.64. The number of benzene rings is 1. The summed E-state index contributed by atoms with van der Waals surface area (Å²) in [5.41, 5.74) is -0.350. The lowest BCUT2D eigenvalue weighted by atomic mass is 9.95. The van der Waals surface area contributed by atoms with Crippen molar-refractivity contribution >= 4 is 27.5 Å². The fourth-order valence-electron chi connectivity index (χ4n) is 2.02. The Labute approximate surface area is 105 Å². The Morgan fingerprint density at radius 2 is 2.06 bits per heavy atom. The molecule has 0 heterocycles. The Morgan fingerprint density at radius 1 is 1.35 bits per heavy atom. The first-order valence-corrected chi connectivity index (χ1v) is 6.01. The zero-order valence-corrected chi connectivity index (χ0v) is 10.4. The van der Waals surface area contributed by atoms with E-state index >= 15 is 0 Å². The van der Waals surface area contributed by atoms with E-state index < -0.39 is 23.3 Å². The molecule has 0 saturated heterocycles. The minimum absolute atomic E-state index is 0.185. The lowest BCUT2D eigenvalue weighted by Gasteiger charge is -2.08. The third-order valence-corrected chi connectivity index (χ3v) is 3.34. The lowest BCUT2D eigenvalue weighted by Crippen LogP contribution is -2.20. The fourth-order valence-corrected chi connectivity index (χ4v) is 2.45. The van der Waals surface area contributed by atoms with Crippen LogP contribution in [-0.4, -0.2) is 11.6 Å². The smallest absolute Gasteiger partial charge is 0.176 e. The Morgan fingerprint density at radius 3 is 2.65 bits per heavy atom. The first kappa shape index (κ1) is 12.4. The highest BCUT2D eigenvalue weighted by Crippen LogP contribution is 2.28. The Hall–Kier alpha value is -1.10. The van der Waals surface area contributed by atoms with Crippen LogP contribution in [0.4, 0.5) is 8.78 Å². The predicted molar refractivity (Wildman–Crippen MR) is 60.7 cm³/mol. The molecule has 1 fully saturated rings. The predicted octanol–water partition coefficient (Wildman–Crippen LogP) is 3.28. The van der Waals surface area contributed by atoms with E-state index in [1.54, 1.807) is 0 Å². The summed E-state index contributed by atoms with van der Waals surface area (Å²) < 4.78 is 26.9. The van der Waals surface area contributed by atoms with Crippen LogP contribution >= 0.6 is 15.9 Å². The van der Waals surface area contributed by atoms with Crippen LogP contribution in [0.2, 0.25) is 0 Å². The molecule has 5 heteroatoms. The van der Waals surface area contributed by atoms with Gasteiger partial charge in [0.15, 0.2) is 17.4 Å². The van der Waals surface area contributed by atoms with Crippen molar-refractivity contribution in [2.75, 3.05) is 0 Å². The molecule has 0 amide bonds. The summed E-state index contributed by atoms with van der Waals surface area (Å²) >= 11 is 3.00. The minimum atomic E-state index is -1.18. The highest BCUT2D eigenvalue weighted by atomic mass is 79.9. The molecule has 17 heavy (non-hydrogen) atoms. The van der Waals surface area contributed by atoms with Gasteiger partial charge in [0, 0.05) is 10.9 Å². The van der Waals surface area contributed by atoms with E-state index in [2.05, 4.69) is 15.9 Å². The average Bonchev–Trinajstić information content (AvgIpc) is 2.69. The molecule has 2 nitrogen and oxygen atoms in total. The summed E-state index contributed by atoms with van der Waals surface area (Å²) in [6.07, 6.45) is 1.40. The summed E-state index contributed by atoms with van der Waals surface area (Å²) in [7, 11) is 0. The van der Waals surface area contributed by atoms with Crippen molar-refractivity contribution in [3.63, 3.8) is 0 Å². The van der Waals surface area contributed by atoms with Gasteiger partial charge in [0.1, 0.15) is 5.78 Å². The molecular weight excluding hydrogens is 294 g/mol. The summed E-state index contributed by atoms with van der Waals surface area (Å²) in [6, 6.07) is 2.16. The quantitative estimate of drug-likeness (QED) is 0.477. The van der Waals surface area contributed by atoms with Crippen molar-refractivity contribution < 1.29 is 18.4 Å². The highest BCUT2D eigenvalue weighted by molar-refractivity contribution is 9.10. The maximum atomic E-state index is 13.5. The lowest BCUT2D eigenvalue weighted by molar-refractivity contribution is -0.119. The monoisotopic (exact) mass is 302 g/mol. The summed E-state index contributed by atoms with van der Waals surface area (Å²) in [4.78, 5) is 23.4. The van der Waals surface area contributed by atoms with E-state index in [0.29, 0.717) is 19.3 Å². The Kier molecular flexibility index (Phi) is 3.38. The number of Topliss-reactive ketones (excluding diaryl/α,β-unsaturated/α-hetero) is 2. The maximum Gasteiger partial charge on any atom is 0.176 e. The van der Waals surface area contributed by atoms with Crippen molar-refractivity contribution in [3.05, 3.63) is 33.8 Å². The molecule has 0 bridgehead atoms. The van der Waals surface area contributed by atoms with Gasteiger partial charge in [-0.3, -0.25) is 9.59 Å². The van der Waals surface area contributed by atoms with Gasteiger partial charge in [-0.2, -0.15) is 0 Å². The molecule has 0 spiro atoms. The van der Waals surface area contributed by atoms with Crippen molar-refractivity contribution in [1.82, 2.24) is 0 Å². The molecule has 0 aliphatic heterocycles. The molecule has 90 valence electrons. The van der Waals surface area contributed by atoms with Gasteiger partial charge < -0.3 is 0 Å². The molecule has 1 atom stereocenters. The van der Waals surface area contributed by atoms with Crippen LogP contribution in [0, 0.1) is 17.6 Å². The van der Waals surface area contributed by atoms with Gasteiger partial charge in [-0.15, -0.1) is 0 Å². The minimum Gasteiger partial charge on any atom is -0.299 e. The molecular formula is C12H9BrF2O2. The SMILES string of the molecule is O=C1CCCC1C(=O)c1cc(Br)cc(F)c1F. The zero-order chi connectivity index (χ0) is 12.6. The van der Waals surface area contributed by atoms with Crippen LogP contribution in [0.1, 0.15) is 29.6 Å². The first-order valence-electron chi connectivity index (χ1n) is 5.22. The number of ketones is 2. The molecule has 2 rings (SSSR count). The van der Waals surface area contributed by atoms with Gasteiger partial charge in [0.05, 0.1) is 11.5 Å². The van der Waals surface area contributed by atoms with Crippen LogP contribution < -0.4 is 0 Å². The van der Waals surface area contributed by atoms with Gasteiger partial charge >= 0.3 is 0 Å². The number of halogens is 3. The number of hydrogen-bond acceptors (Lipinski definition) is 2. The van der Waals surface area contributed by atoms with Crippen molar-refractivity contribution in [2.45, 2.75) is 19.3 Å². The van der Waals surface area contributed by atoms with Crippen LogP contribution in [0.25, 0.3) is 0 Å². The summed E-state index contributed by atoms with van der Waals surface area (Å²) in [6.45, 7) is 0. The third kappa shape index (κ3) is 2.29. The topological polar surface area (TPSA) is 34.1 Å². The second-order valence-corrected chi connectivity index (χ2v) is 4.94. The molecule has 0 radical (unpaired) electrons. The number of rotatable bonds is 2. The van der Waals surface area contributed by atoms with Crippen LogP contribution in [0.5, 0.6) is 0 Å². The van der Waals surface area contributed by atoms with Gasteiger partial charge in [-0.1, -0.05) is 15.9 Å². The van der Waals surface area contributed by atoms with E-state index in [9.17, 15) is 18.4 Å². The van der Waals surface area contributed by atoms with Crippen LogP contribution in [0.3, 0.4) is 0 Å².